The third-order valence-corrected chi connectivity index (χ3v) is 7.27. The van der Waals surface area contributed by atoms with E-state index in [1.54, 1.807) is 20.8 Å². The number of carbonyl (C=O) groups is 4. The number of alkyl carbamates (subject to hydrolysis) is 1. The molecule has 0 unspecified atom stereocenters. The molecule has 9 heteroatoms. The fourth-order valence-electron chi connectivity index (χ4n) is 4.99. The second kappa shape index (κ2) is 17.3. The molecule has 0 aliphatic rings. The fourth-order valence-corrected chi connectivity index (χ4v) is 4.99. The van der Waals surface area contributed by atoms with E-state index in [2.05, 4.69) is 16.0 Å². The molecular weight excluding hydrogens is 582 g/mol. The largest absolute Gasteiger partial charge is 0.459 e. The zero-order chi connectivity index (χ0) is 33.7. The van der Waals surface area contributed by atoms with Crippen LogP contribution in [0.1, 0.15) is 78.4 Å². The summed E-state index contributed by atoms with van der Waals surface area (Å²) in [6, 6.07) is 20.2. The molecule has 3 N–H and O–H groups in total. The molecule has 0 saturated heterocycles. The topological polar surface area (TPSA) is 123 Å². The van der Waals surface area contributed by atoms with Gasteiger partial charge in [0.25, 0.3) is 0 Å². The molecule has 0 bridgehead atoms. The average molecular weight is 632 g/mol. The lowest BCUT2D eigenvalue weighted by atomic mass is 9.99. The van der Waals surface area contributed by atoms with Crippen LogP contribution in [0.3, 0.4) is 0 Å². The molecule has 3 amide bonds. The highest BCUT2D eigenvalue weighted by Gasteiger charge is 2.31. The quantitative estimate of drug-likeness (QED) is 0.171. The highest BCUT2D eigenvalue weighted by atomic mass is 16.6. The number of benzene rings is 3. The van der Waals surface area contributed by atoms with Crippen molar-refractivity contribution in [2.75, 3.05) is 0 Å². The minimum absolute atomic E-state index is 0.0660. The molecule has 0 heterocycles. The van der Waals surface area contributed by atoms with Crippen molar-refractivity contribution in [3.63, 3.8) is 0 Å². The van der Waals surface area contributed by atoms with Crippen LogP contribution in [0, 0.1) is 5.92 Å². The minimum Gasteiger partial charge on any atom is -0.459 e. The monoisotopic (exact) mass is 631 g/mol. The maximum absolute atomic E-state index is 13.9. The van der Waals surface area contributed by atoms with E-state index < -0.39 is 47.6 Å². The summed E-state index contributed by atoms with van der Waals surface area (Å²) in [5.41, 5.74) is 0.923. The third-order valence-electron chi connectivity index (χ3n) is 7.27. The lowest BCUT2D eigenvalue weighted by Gasteiger charge is -2.27. The summed E-state index contributed by atoms with van der Waals surface area (Å²) in [5, 5.41) is 10.5. The van der Waals surface area contributed by atoms with Crippen LogP contribution in [0.5, 0.6) is 0 Å². The van der Waals surface area contributed by atoms with Crippen molar-refractivity contribution < 1.29 is 28.7 Å². The van der Waals surface area contributed by atoms with Gasteiger partial charge >= 0.3 is 12.1 Å². The van der Waals surface area contributed by atoms with E-state index in [9.17, 15) is 19.2 Å². The Balaban J connectivity index is 1.85. The molecule has 3 aromatic rings. The van der Waals surface area contributed by atoms with Gasteiger partial charge in [0.15, 0.2) is 0 Å². The Labute approximate surface area is 272 Å². The minimum atomic E-state index is -1.03. The highest BCUT2D eigenvalue weighted by molar-refractivity contribution is 5.93. The normalized spacial score (nSPS) is 13.4. The fraction of sp³-hybridized carbons (Fsp3) is 0.459. The first-order valence-electron chi connectivity index (χ1n) is 16.1. The van der Waals surface area contributed by atoms with Crippen molar-refractivity contribution in [1.29, 1.82) is 0 Å². The molecule has 3 atom stereocenters. The van der Waals surface area contributed by atoms with Crippen molar-refractivity contribution in [2.45, 2.75) is 104 Å². The average Bonchev–Trinajstić information content (AvgIpc) is 3.00. The van der Waals surface area contributed by atoms with Gasteiger partial charge in [0.2, 0.25) is 11.8 Å². The van der Waals surface area contributed by atoms with Crippen LogP contribution < -0.4 is 16.0 Å². The van der Waals surface area contributed by atoms with Crippen molar-refractivity contribution in [2.24, 2.45) is 5.92 Å². The van der Waals surface area contributed by atoms with Gasteiger partial charge in [0, 0.05) is 6.42 Å². The highest BCUT2D eigenvalue weighted by Crippen LogP contribution is 2.18. The third kappa shape index (κ3) is 12.2. The first-order chi connectivity index (χ1) is 21.8. The van der Waals surface area contributed by atoms with Crippen LogP contribution in [0.15, 0.2) is 72.8 Å². The van der Waals surface area contributed by atoms with Crippen molar-refractivity contribution in [1.82, 2.24) is 16.0 Å². The second-order valence-electron chi connectivity index (χ2n) is 13.1. The van der Waals surface area contributed by atoms with Crippen LogP contribution in [-0.4, -0.2) is 47.6 Å². The van der Waals surface area contributed by atoms with E-state index in [1.165, 1.54) is 0 Å². The van der Waals surface area contributed by atoms with Crippen LogP contribution in [0.2, 0.25) is 0 Å². The zero-order valence-electron chi connectivity index (χ0n) is 27.9. The summed E-state index contributed by atoms with van der Waals surface area (Å²) in [5.74, 6) is -1.50. The maximum atomic E-state index is 13.9. The smallest absolute Gasteiger partial charge is 0.408 e. The standard InChI is InChI=1S/C37H49N3O6/c1-7-8-18-30(35(43)45-24-26-14-10-9-11-15-26)38-34(42)32(23-27-19-20-28-16-12-13-17-29(28)22-27)39-33(41)31(21-25(2)3)40-36(44)46-37(4,5)6/h9-17,19-20,22,25,30-32H,7-8,18,21,23-24H2,1-6H3,(H,38,42)(H,39,41)(H,40,44)/t30-,31+,32-/m1/s1. The van der Waals surface area contributed by atoms with Crippen LogP contribution in [0.4, 0.5) is 4.79 Å². The number of esters is 1. The Hall–Kier alpha value is -4.40. The molecule has 248 valence electrons. The SMILES string of the molecule is CCCC[C@@H](NC(=O)[C@@H](Cc1ccc2ccccc2c1)NC(=O)[C@H](CC(C)C)NC(=O)OC(C)(C)C)C(=O)OCc1ccccc1. The van der Waals surface area contributed by atoms with Crippen LogP contribution in [0.25, 0.3) is 10.8 Å². The van der Waals surface area contributed by atoms with E-state index in [0.29, 0.717) is 19.3 Å². The Morgan fingerprint density at radius 3 is 2.02 bits per heavy atom. The number of ether oxygens (including phenoxy) is 2. The molecule has 0 aliphatic heterocycles. The molecule has 0 aromatic heterocycles. The molecule has 0 aliphatic carbocycles. The number of fused-ring (bicyclic) bond motifs is 1. The summed E-state index contributed by atoms with van der Waals surface area (Å²) < 4.78 is 11.0. The summed E-state index contributed by atoms with van der Waals surface area (Å²) in [4.78, 5) is 53.4. The van der Waals surface area contributed by atoms with Gasteiger partial charge in [-0.25, -0.2) is 9.59 Å². The van der Waals surface area contributed by atoms with Crippen molar-refractivity contribution in [3.8, 4) is 0 Å². The number of unbranched alkanes of at least 4 members (excludes halogenated alkanes) is 1. The lowest BCUT2D eigenvalue weighted by Crippen LogP contribution is -2.57. The second-order valence-corrected chi connectivity index (χ2v) is 13.1. The van der Waals surface area contributed by atoms with Gasteiger partial charge < -0.3 is 25.4 Å². The summed E-state index contributed by atoms with van der Waals surface area (Å²) in [6.45, 7) is 11.2. The lowest BCUT2D eigenvalue weighted by molar-refractivity contribution is -0.149. The van der Waals surface area contributed by atoms with Gasteiger partial charge in [0.1, 0.15) is 30.3 Å². The van der Waals surface area contributed by atoms with E-state index in [4.69, 9.17) is 9.47 Å². The predicted molar refractivity (Wildman–Crippen MR) is 180 cm³/mol. The van der Waals surface area contributed by atoms with Gasteiger partial charge in [-0.05, 0) is 61.4 Å². The summed E-state index contributed by atoms with van der Waals surface area (Å²) in [6.07, 6.45) is 1.70. The predicted octanol–water partition coefficient (Wildman–Crippen LogP) is 6.22. The molecule has 3 aromatic carbocycles. The molecular formula is C37H49N3O6. The molecule has 0 spiro atoms. The first kappa shape index (κ1) is 36.1. The van der Waals surface area contributed by atoms with E-state index in [1.807, 2.05) is 93.6 Å². The Kier molecular flexibility index (Phi) is 13.6. The summed E-state index contributed by atoms with van der Waals surface area (Å²) in [7, 11) is 0. The number of hydrogen-bond acceptors (Lipinski definition) is 6. The molecule has 0 saturated carbocycles. The molecule has 3 rings (SSSR count). The van der Waals surface area contributed by atoms with Crippen LogP contribution in [-0.2, 0) is 36.9 Å². The molecule has 9 nitrogen and oxygen atoms in total. The Morgan fingerprint density at radius 1 is 0.739 bits per heavy atom. The molecule has 46 heavy (non-hydrogen) atoms. The number of amides is 3. The number of nitrogens with one attached hydrogen (secondary N) is 3. The van der Waals surface area contributed by atoms with Gasteiger partial charge in [-0.3, -0.25) is 9.59 Å². The zero-order valence-corrected chi connectivity index (χ0v) is 27.9. The van der Waals surface area contributed by atoms with Gasteiger partial charge in [0.05, 0.1) is 0 Å². The van der Waals surface area contributed by atoms with Crippen LogP contribution >= 0.6 is 0 Å². The van der Waals surface area contributed by atoms with Gasteiger partial charge in [-0.2, -0.15) is 0 Å². The maximum Gasteiger partial charge on any atom is 0.408 e. The molecule has 0 fully saturated rings. The van der Waals surface area contributed by atoms with Gasteiger partial charge in [-0.15, -0.1) is 0 Å². The van der Waals surface area contributed by atoms with Crippen molar-refractivity contribution >= 4 is 34.6 Å². The van der Waals surface area contributed by atoms with Gasteiger partial charge in [-0.1, -0.05) is 106 Å². The van der Waals surface area contributed by atoms with E-state index in [0.717, 1.165) is 28.3 Å². The summed E-state index contributed by atoms with van der Waals surface area (Å²) >= 11 is 0. The Morgan fingerprint density at radius 2 is 1.37 bits per heavy atom. The number of rotatable bonds is 15. The number of hydrogen-bond donors (Lipinski definition) is 3. The van der Waals surface area contributed by atoms with E-state index in [-0.39, 0.29) is 18.9 Å². The Bertz CT molecular complexity index is 1450. The first-order valence-corrected chi connectivity index (χ1v) is 16.1. The van der Waals surface area contributed by atoms with Crippen molar-refractivity contribution in [3.05, 3.63) is 83.9 Å². The number of carbonyl (C=O) groups excluding carboxylic acids is 4. The molecule has 0 radical (unpaired) electrons. The van der Waals surface area contributed by atoms with E-state index >= 15 is 0 Å².